The highest BCUT2D eigenvalue weighted by Crippen LogP contribution is 2.31. The van der Waals surface area contributed by atoms with Gasteiger partial charge in [0.1, 0.15) is 0 Å². The van der Waals surface area contributed by atoms with E-state index in [1.54, 1.807) is 0 Å². The standard InChI is InChI=1S/C10H18N2O/c1-11-6-8-2-5-10(13)12(7-8)9-3-4-9/h8-9,11H,2-7H2,1H3. The maximum absolute atomic E-state index is 11.5. The van der Waals surface area contributed by atoms with Gasteiger partial charge in [0.05, 0.1) is 0 Å². The Labute approximate surface area is 79.5 Å². The van der Waals surface area contributed by atoms with Crippen molar-refractivity contribution in [2.45, 2.75) is 31.7 Å². The summed E-state index contributed by atoms with van der Waals surface area (Å²) in [6.07, 6.45) is 4.31. The van der Waals surface area contributed by atoms with Crippen LogP contribution in [0, 0.1) is 5.92 Å². The van der Waals surface area contributed by atoms with Crippen LogP contribution in [0.2, 0.25) is 0 Å². The normalized spacial score (nSPS) is 29.5. The van der Waals surface area contributed by atoms with Gasteiger partial charge in [0.25, 0.3) is 0 Å². The van der Waals surface area contributed by atoms with E-state index in [2.05, 4.69) is 10.2 Å². The zero-order valence-corrected chi connectivity index (χ0v) is 8.25. The minimum atomic E-state index is 0.384. The molecule has 0 spiro atoms. The van der Waals surface area contributed by atoms with E-state index in [1.165, 1.54) is 12.8 Å². The molecule has 3 nitrogen and oxygen atoms in total. The molecule has 74 valence electrons. The minimum Gasteiger partial charge on any atom is -0.339 e. The molecule has 1 aliphatic heterocycles. The van der Waals surface area contributed by atoms with E-state index in [-0.39, 0.29) is 0 Å². The minimum absolute atomic E-state index is 0.384. The first kappa shape index (κ1) is 9.00. The Balaban J connectivity index is 1.88. The lowest BCUT2D eigenvalue weighted by Gasteiger charge is -2.32. The van der Waals surface area contributed by atoms with Crippen molar-refractivity contribution >= 4 is 5.91 Å². The van der Waals surface area contributed by atoms with Crippen molar-refractivity contribution in [1.82, 2.24) is 10.2 Å². The molecule has 2 aliphatic rings. The Morgan fingerprint density at radius 3 is 2.85 bits per heavy atom. The molecule has 1 unspecified atom stereocenters. The third kappa shape index (κ3) is 2.02. The molecule has 0 radical (unpaired) electrons. The molecule has 1 atom stereocenters. The average molecular weight is 182 g/mol. The van der Waals surface area contributed by atoms with Gasteiger partial charge in [-0.3, -0.25) is 4.79 Å². The fraction of sp³-hybridized carbons (Fsp3) is 0.900. The highest BCUT2D eigenvalue weighted by atomic mass is 16.2. The Kier molecular flexibility index (Phi) is 2.54. The predicted octanol–water partition coefficient (Wildman–Crippen LogP) is 0.607. The largest absolute Gasteiger partial charge is 0.339 e. The van der Waals surface area contributed by atoms with Crippen molar-refractivity contribution in [3.8, 4) is 0 Å². The number of carbonyl (C=O) groups excluding carboxylic acids is 1. The molecule has 0 aromatic carbocycles. The molecule has 1 saturated heterocycles. The second kappa shape index (κ2) is 3.66. The zero-order valence-electron chi connectivity index (χ0n) is 8.25. The van der Waals surface area contributed by atoms with Gasteiger partial charge in [0.15, 0.2) is 0 Å². The Bertz CT molecular complexity index is 201. The molecular formula is C10H18N2O. The van der Waals surface area contributed by atoms with Crippen molar-refractivity contribution in [2.75, 3.05) is 20.1 Å². The quantitative estimate of drug-likeness (QED) is 0.693. The molecule has 0 aromatic heterocycles. The Hall–Kier alpha value is -0.570. The van der Waals surface area contributed by atoms with E-state index in [0.29, 0.717) is 17.9 Å². The molecule has 3 heteroatoms. The summed E-state index contributed by atoms with van der Waals surface area (Å²) in [4.78, 5) is 13.6. The molecule has 1 saturated carbocycles. The van der Waals surface area contributed by atoms with Crippen molar-refractivity contribution < 1.29 is 4.79 Å². The molecule has 13 heavy (non-hydrogen) atoms. The SMILES string of the molecule is CNCC1CCC(=O)N(C2CC2)C1. The van der Waals surface area contributed by atoms with Crippen molar-refractivity contribution in [1.29, 1.82) is 0 Å². The summed E-state index contributed by atoms with van der Waals surface area (Å²) in [7, 11) is 1.98. The number of rotatable bonds is 3. The van der Waals surface area contributed by atoms with Crippen molar-refractivity contribution in [2.24, 2.45) is 5.92 Å². The summed E-state index contributed by atoms with van der Waals surface area (Å²) < 4.78 is 0. The fourth-order valence-electron chi connectivity index (χ4n) is 2.14. The van der Waals surface area contributed by atoms with Crippen LogP contribution in [-0.4, -0.2) is 37.0 Å². The summed E-state index contributed by atoms with van der Waals surface area (Å²) in [5.74, 6) is 1.07. The van der Waals surface area contributed by atoms with Gasteiger partial charge in [0, 0.05) is 19.0 Å². The lowest BCUT2D eigenvalue weighted by Crippen LogP contribution is -2.43. The third-order valence-electron chi connectivity index (χ3n) is 3.02. The maximum atomic E-state index is 11.5. The highest BCUT2D eigenvalue weighted by molar-refractivity contribution is 5.77. The molecule has 1 heterocycles. The molecule has 2 rings (SSSR count). The summed E-state index contributed by atoms with van der Waals surface area (Å²) in [5.41, 5.74) is 0. The van der Waals surface area contributed by atoms with Crippen LogP contribution in [-0.2, 0) is 4.79 Å². The average Bonchev–Trinajstić information content (AvgIpc) is 2.92. The van der Waals surface area contributed by atoms with Gasteiger partial charge in [-0.2, -0.15) is 0 Å². The molecule has 1 N–H and O–H groups in total. The number of likely N-dealkylation sites (tertiary alicyclic amines) is 1. The molecular weight excluding hydrogens is 164 g/mol. The second-order valence-electron chi connectivity index (χ2n) is 4.24. The molecule has 2 fully saturated rings. The summed E-state index contributed by atoms with van der Waals surface area (Å²) in [6.45, 7) is 2.04. The van der Waals surface area contributed by atoms with Crippen LogP contribution in [0.25, 0.3) is 0 Å². The van der Waals surface area contributed by atoms with Gasteiger partial charge < -0.3 is 10.2 Å². The number of hydrogen-bond donors (Lipinski definition) is 1. The van der Waals surface area contributed by atoms with Gasteiger partial charge in [-0.25, -0.2) is 0 Å². The first-order valence-electron chi connectivity index (χ1n) is 5.25. The molecule has 1 aliphatic carbocycles. The van der Waals surface area contributed by atoms with Crippen LogP contribution in [0.3, 0.4) is 0 Å². The van der Waals surface area contributed by atoms with Crippen LogP contribution >= 0.6 is 0 Å². The summed E-state index contributed by atoms with van der Waals surface area (Å²) in [6, 6.07) is 0.604. The second-order valence-corrected chi connectivity index (χ2v) is 4.24. The van der Waals surface area contributed by atoms with Gasteiger partial charge >= 0.3 is 0 Å². The van der Waals surface area contributed by atoms with Crippen LogP contribution in [0.5, 0.6) is 0 Å². The number of nitrogens with one attached hydrogen (secondary N) is 1. The molecule has 0 aromatic rings. The number of nitrogens with zero attached hydrogens (tertiary/aromatic N) is 1. The van der Waals surface area contributed by atoms with E-state index in [4.69, 9.17) is 0 Å². The van der Waals surface area contributed by atoms with Gasteiger partial charge in [-0.05, 0) is 38.8 Å². The van der Waals surface area contributed by atoms with Crippen LogP contribution in [0.15, 0.2) is 0 Å². The van der Waals surface area contributed by atoms with Crippen LogP contribution in [0.1, 0.15) is 25.7 Å². The van der Waals surface area contributed by atoms with Crippen LogP contribution in [0.4, 0.5) is 0 Å². The molecule has 0 bridgehead atoms. The Morgan fingerprint density at radius 1 is 1.46 bits per heavy atom. The first-order chi connectivity index (χ1) is 6.31. The van der Waals surface area contributed by atoms with Gasteiger partial charge in [-0.1, -0.05) is 0 Å². The van der Waals surface area contributed by atoms with Crippen molar-refractivity contribution in [3.05, 3.63) is 0 Å². The fourth-order valence-corrected chi connectivity index (χ4v) is 2.14. The third-order valence-corrected chi connectivity index (χ3v) is 3.02. The number of piperidine rings is 1. The predicted molar refractivity (Wildman–Crippen MR) is 51.4 cm³/mol. The van der Waals surface area contributed by atoms with E-state index in [9.17, 15) is 4.79 Å². The van der Waals surface area contributed by atoms with Gasteiger partial charge in [0.2, 0.25) is 5.91 Å². The first-order valence-corrected chi connectivity index (χ1v) is 5.25. The lowest BCUT2D eigenvalue weighted by molar-refractivity contribution is -0.135. The lowest BCUT2D eigenvalue weighted by atomic mass is 9.97. The Morgan fingerprint density at radius 2 is 2.23 bits per heavy atom. The zero-order chi connectivity index (χ0) is 9.26. The van der Waals surface area contributed by atoms with E-state index < -0.39 is 0 Å². The smallest absolute Gasteiger partial charge is 0.222 e. The van der Waals surface area contributed by atoms with E-state index >= 15 is 0 Å². The number of hydrogen-bond acceptors (Lipinski definition) is 2. The van der Waals surface area contributed by atoms with Crippen molar-refractivity contribution in [3.63, 3.8) is 0 Å². The maximum Gasteiger partial charge on any atom is 0.222 e. The van der Waals surface area contributed by atoms with Crippen LogP contribution < -0.4 is 5.32 Å². The number of amides is 1. The topological polar surface area (TPSA) is 32.3 Å². The number of carbonyl (C=O) groups is 1. The molecule has 1 amide bonds. The monoisotopic (exact) mass is 182 g/mol. The summed E-state index contributed by atoms with van der Waals surface area (Å²) >= 11 is 0. The van der Waals surface area contributed by atoms with Gasteiger partial charge in [-0.15, -0.1) is 0 Å². The summed E-state index contributed by atoms with van der Waals surface area (Å²) in [5, 5.41) is 3.19. The van der Waals surface area contributed by atoms with E-state index in [1.807, 2.05) is 7.05 Å². The highest BCUT2D eigenvalue weighted by Gasteiger charge is 2.36. The van der Waals surface area contributed by atoms with E-state index in [0.717, 1.165) is 25.9 Å².